The van der Waals surface area contributed by atoms with Gasteiger partial charge in [-0.2, -0.15) is 0 Å². The summed E-state index contributed by atoms with van der Waals surface area (Å²) < 4.78 is 18.4. The number of hydrogen-bond acceptors (Lipinski definition) is 6. The topological polar surface area (TPSA) is 125 Å². The first-order valence-electron chi connectivity index (χ1n) is 5.17. The second-order valence-corrected chi connectivity index (χ2v) is 4.84. The minimum atomic E-state index is -2.52. The summed E-state index contributed by atoms with van der Waals surface area (Å²) in [5.41, 5.74) is -1.59. The zero-order chi connectivity index (χ0) is 14.3. The van der Waals surface area contributed by atoms with Gasteiger partial charge >= 0.3 is 5.69 Å². The maximum atomic E-state index is 12.8. The number of aromatic amines is 1. The van der Waals surface area contributed by atoms with E-state index in [1.807, 2.05) is 4.98 Å². The van der Waals surface area contributed by atoms with E-state index in [2.05, 4.69) is 15.9 Å². The van der Waals surface area contributed by atoms with E-state index in [1.165, 1.54) is 0 Å². The number of halogens is 2. The summed E-state index contributed by atoms with van der Waals surface area (Å²) >= 11 is 2.88. The maximum absolute atomic E-state index is 12.8. The Morgan fingerprint density at radius 2 is 2.05 bits per heavy atom. The Kier molecular flexibility index (Phi) is 3.87. The van der Waals surface area contributed by atoms with Crippen molar-refractivity contribution in [1.82, 2.24) is 9.55 Å². The minimum Gasteiger partial charge on any atom is -0.387 e. The number of nitrogens with zero attached hydrogens (tertiary/aromatic N) is 1. The van der Waals surface area contributed by atoms with Gasteiger partial charge < -0.3 is 20.1 Å². The van der Waals surface area contributed by atoms with Crippen LogP contribution in [0.4, 0.5) is 4.39 Å². The maximum Gasteiger partial charge on any atom is 0.330 e. The van der Waals surface area contributed by atoms with Crippen molar-refractivity contribution in [2.45, 2.75) is 30.9 Å². The molecule has 1 fully saturated rings. The lowest BCUT2D eigenvalue weighted by molar-refractivity contribution is -0.131. The molecule has 0 amide bonds. The van der Waals surface area contributed by atoms with Gasteiger partial charge in [0.1, 0.15) is 18.3 Å². The standard InChI is InChI=1S/C9H10BrFN2O6/c10-2-1-13(9(18)12-7(2)17)8-4(15)3(14)5(19-8)6(11)16/h1,3-6,8,14-16H,(H,12,17,18)/t3-,4+,5-,6?,8+/m0/s1. The summed E-state index contributed by atoms with van der Waals surface area (Å²) in [7, 11) is 0. The number of rotatable bonds is 2. The zero-order valence-corrected chi connectivity index (χ0v) is 10.8. The van der Waals surface area contributed by atoms with Crippen LogP contribution in [0.1, 0.15) is 6.23 Å². The molecule has 4 N–H and O–H groups in total. The molecule has 0 aliphatic carbocycles. The Morgan fingerprint density at radius 1 is 1.42 bits per heavy atom. The Balaban J connectivity index is 2.41. The van der Waals surface area contributed by atoms with E-state index < -0.39 is 42.1 Å². The summed E-state index contributed by atoms with van der Waals surface area (Å²) in [5, 5.41) is 28.0. The summed E-state index contributed by atoms with van der Waals surface area (Å²) in [6, 6.07) is 0. The second kappa shape index (κ2) is 5.13. The van der Waals surface area contributed by atoms with Crippen molar-refractivity contribution in [3.63, 3.8) is 0 Å². The molecule has 0 radical (unpaired) electrons. The second-order valence-electron chi connectivity index (χ2n) is 3.99. The Bertz CT molecular complexity index is 587. The summed E-state index contributed by atoms with van der Waals surface area (Å²) in [5.74, 6) is 0. The highest BCUT2D eigenvalue weighted by atomic mass is 79.9. The monoisotopic (exact) mass is 340 g/mol. The van der Waals surface area contributed by atoms with Gasteiger partial charge in [-0.15, -0.1) is 0 Å². The van der Waals surface area contributed by atoms with Crippen LogP contribution in [0, 0.1) is 0 Å². The number of alkyl halides is 1. The van der Waals surface area contributed by atoms with Gasteiger partial charge in [0.25, 0.3) is 5.56 Å². The molecule has 19 heavy (non-hydrogen) atoms. The van der Waals surface area contributed by atoms with E-state index in [4.69, 9.17) is 9.84 Å². The number of aromatic nitrogens is 2. The highest BCUT2D eigenvalue weighted by Crippen LogP contribution is 2.30. The van der Waals surface area contributed by atoms with E-state index in [0.717, 1.165) is 10.8 Å². The fourth-order valence-electron chi connectivity index (χ4n) is 1.79. The number of ether oxygens (including phenoxy) is 1. The van der Waals surface area contributed by atoms with Crippen molar-refractivity contribution >= 4 is 15.9 Å². The SMILES string of the molecule is O=c1[nH]c(=O)n([C@@H]2O[C@H](C(O)F)[C@@H](O)[C@H]2O)cc1Br. The molecule has 1 aliphatic rings. The van der Waals surface area contributed by atoms with Crippen molar-refractivity contribution in [2.75, 3.05) is 0 Å². The quantitative estimate of drug-likeness (QED) is 0.503. The average molecular weight is 341 g/mol. The highest BCUT2D eigenvalue weighted by molar-refractivity contribution is 9.10. The molecule has 1 aliphatic heterocycles. The third-order valence-electron chi connectivity index (χ3n) is 2.74. The van der Waals surface area contributed by atoms with Crippen molar-refractivity contribution in [3.8, 4) is 0 Å². The lowest BCUT2D eigenvalue weighted by Crippen LogP contribution is -2.38. The smallest absolute Gasteiger partial charge is 0.330 e. The van der Waals surface area contributed by atoms with E-state index in [-0.39, 0.29) is 4.47 Å². The molecule has 10 heteroatoms. The van der Waals surface area contributed by atoms with Crippen LogP contribution >= 0.6 is 15.9 Å². The predicted octanol–water partition coefficient (Wildman–Crippen LogP) is -1.79. The normalized spacial score (nSPS) is 32.5. The molecule has 0 spiro atoms. The van der Waals surface area contributed by atoms with Crippen LogP contribution in [-0.4, -0.2) is 49.5 Å². The van der Waals surface area contributed by atoms with E-state index in [0.29, 0.717) is 0 Å². The first-order valence-corrected chi connectivity index (χ1v) is 5.97. The Labute approximate surface area is 113 Å². The molecular formula is C9H10BrFN2O6. The number of H-pyrrole nitrogens is 1. The van der Waals surface area contributed by atoms with Crippen LogP contribution in [0.25, 0.3) is 0 Å². The zero-order valence-electron chi connectivity index (χ0n) is 9.23. The van der Waals surface area contributed by atoms with Gasteiger partial charge in [0.2, 0.25) is 6.36 Å². The van der Waals surface area contributed by atoms with Crippen molar-refractivity contribution < 1.29 is 24.4 Å². The first kappa shape index (κ1) is 14.3. The molecule has 2 rings (SSSR count). The van der Waals surface area contributed by atoms with E-state index >= 15 is 0 Å². The van der Waals surface area contributed by atoms with Crippen LogP contribution in [-0.2, 0) is 4.74 Å². The third kappa shape index (κ3) is 2.49. The highest BCUT2D eigenvalue weighted by Gasteiger charge is 2.47. The molecule has 2 heterocycles. The Hall–Kier alpha value is -1.07. The van der Waals surface area contributed by atoms with Gasteiger partial charge in [0, 0.05) is 6.20 Å². The summed E-state index contributed by atoms with van der Waals surface area (Å²) in [6.07, 6.45) is -7.93. The Morgan fingerprint density at radius 3 is 2.58 bits per heavy atom. The average Bonchev–Trinajstić information content (AvgIpc) is 2.62. The molecule has 5 atom stereocenters. The molecule has 1 aromatic heterocycles. The van der Waals surface area contributed by atoms with Crippen molar-refractivity contribution in [3.05, 3.63) is 31.5 Å². The van der Waals surface area contributed by atoms with Crippen LogP contribution < -0.4 is 11.2 Å². The van der Waals surface area contributed by atoms with Crippen LogP contribution in [0.5, 0.6) is 0 Å². The van der Waals surface area contributed by atoms with Crippen LogP contribution in [0.2, 0.25) is 0 Å². The summed E-state index contributed by atoms with van der Waals surface area (Å²) in [4.78, 5) is 24.7. The largest absolute Gasteiger partial charge is 0.387 e. The lowest BCUT2D eigenvalue weighted by Gasteiger charge is -2.17. The number of nitrogens with one attached hydrogen (secondary N) is 1. The number of aliphatic hydroxyl groups is 3. The number of aliphatic hydroxyl groups excluding tert-OH is 3. The van der Waals surface area contributed by atoms with Gasteiger partial charge in [-0.25, -0.2) is 9.18 Å². The molecule has 1 unspecified atom stereocenters. The first-order chi connectivity index (χ1) is 8.82. The molecule has 0 aromatic carbocycles. The molecule has 106 valence electrons. The lowest BCUT2D eigenvalue weighted by atomic mass is 10.1. The van der Waals surface area contributed by atoms with Crippen molar-refractivity contribution in [2.24, 2.45) is 0 Å². The predicted molar refractivity (Wildman–Crippen MR) is 62.1 cm³/mol. The van der Waals surface area contributed by atoms with E-state index in [1.54, 1.807) is 0 Å². The van der Waals surface area contributed by atoms with Crippen LogP contribution in [0.15, 0.2) is 20.3 Å². The minimum absolute atomic E-state index is 0.0124. The van der Waals surface area contributed by atoms with Gasteiger partial charge in [0.05, 0.1) is 4.47 Å². The molecule has 8 nitrogen and oxygen atoms in total. The fourth-order valence-corrected chi connectivity index (χ4v) is 2.11. The molecule has 0 saturated carbocycles. The molecule has 1 saturated heterocycles. The molecule has 1 aromatic rings. The van der Waals surface area contributed by atoms with Gasteiger partial charge in [-0.05, 0) is 15.9 Å². The fraction of sp³-hybridized carbons (Fsp3) is 0.556. The van der Waals surface area contributed by atoms with Gasteiger partial charge in [0.15, 0.2) is 6.23 Å². The third-order valence-corrected chi connectivity index (χ3v) is 3.31. The molecular weight excluding hydrogens is 331 g/mol. The van der Waals surface area contributed by atoms with Gasteiger partial charge in [-0.3, -0.25) is 14.3 Å². The van der Waals surface area contributed by atoms with Crippen LogP contribution in [0.3, 0.4) is 0 Å². The number of hydrogen-bond donors (Lipinski definition) is 4. The molecule has 0 bridgehead atoms. The summed E-state index contributed by atoms with van der Waals surface area (Å²) in [6.45, 7) is 0. The van der Waals surface area contributed by atoms with Gasteiger partial charge in [-0.1, -0.05) is 0 Å². The van der Waals surface area contributed by atoms with Crippen molar-refractivity contribution in [1.29, 1.82) is 0 Å². The van der Waals surface area contributed by atoms with E-state index in [9.17, 15) is 24.2 Å².